The largest absolute Gasteiger partial charge is 0.358 e. The third-order valence-electron chi connectivity index (χ3n) is 3.69. The predicted octanol–water partition coefficient (Wildman–Crippen LogP) is 1.74. The van der Waals surface area contributed by atoms with Crippen molar-refractivity contribution in [1.29, 1.82) is 0 Å². The van der Waals surface area contributed by atoms with Gasteiger partial charge < -0.3 is 20.5 Å². The second-order valence-corrected chi connectivity index (χ2v) is 5.94. The molecule has 0 bridgehead atoms. The van der Waals surface area contributed by atoms with Crippen LogP contribution in [-0.4, -0.2) is 55.5 Å². The third kappa shape index (κ3) is 5.30. The zero-order valence-corrected chi connectivity index (χ0v) is 14.7. The lowest BCUT2D eigenvalue weighted by atomic mass is 10.2. The van der Waals surface area contributed by atoms with Gasteiger partial charge in [0.25, 0.3) is 0 Å². The molecule has 0 aliphatic carbocycles. The van der Waals surface area contributed by atoms with Crippen LogP contribution in [0.3, 0.4) is 0 Å². The van der Waals surface area contributed by atoms with Crippen LogP contribution in [0.4, 0.5) is 0 Å². The molecule has 6 heteroatoms. The molecular weight excluding hydrogens is 302 g/mol. The fraction of sp³-hybridized carbons (Fsp3) is 0.444. The minimum Gasteiger partial charge on any atom is -0.358 e. The van der Waals surface area contributed by atoms with Gasteiger partial charge in [-0.25, -0.2) is 4.99 Å². The maximum absolute atomic E-state index is 11.7. The van der Waals surface area contributed by atoms with Gasteiger partial charge >= 0.3 is 0 Å². The van der Waals surface area contributed by atoms with Crippen LogP contribution in [0.25, 0.3) is 10.9 Å². The van der Waals surface area contributed by atoms with E-state index >= 15 is 0 Å². The summed E-state index contributed by atoms with van der Waals surface area (Å²) in [6.45, 7) is 3.82. The Bertz CT molecular complexity index is 657. The Kier molecular flexibility index (Phi) is 6.66. The highest BCUT2D eigenvalue weighted by molar-refractivity contribution is 5.84. The number of aromatic nitrogens is 1. The van der Waals surface area contributed by atoms with Crippen molar-refractivity contribution in [3.05, 3.63) is 36.0 Å². The highest BCUT2D eigenvalue weighted by Crippen LogP contribution is 2.14. The zero-order chi connectivity index (χ0) is 17.4. The number of rotatable bonds is 7. The average Bonchev–Trinajstić information content (AvgIpc) is 2.99. The van der Waals surface area contributed by atoms with Crippen molar-refractivity contribution in [1.82, 2.24) is 20.5 Å². The summed E-state index contributed by atoms with van der Waals surface area (Å²) in [5, 5.41) is 7.75. The summed E-state index contributed by atoms with van der Waals surface area (Å²) in [6.07, 6.45) is 1.87. The van der Waals surface area contributed by atoms with Gasteiger partial charge in [0.2, 0.25) is 5.91 Å². The average molecular weight is 329 g/mol. The number of carbonyl (C=O) groups excluding carboxylic acids is 1. The summed E-state index contributed by atoms with van der Waals surface area (Å²) in [5.74, 6) is 0.673. The number of nitrogens with zero attached hydrogens (tertiary/aromatic N) is 2. The molecule has 0 atom stereocenters. The van der Waals surface area contributed by atoms with E-state index in [0.29, 0.717) is 5.96 Å². The van der Waals surface area contributed by atoms with Gasteiger partial charge in [-0.1, -0.05) is 25.1 Å². The van der Waals surface area contributed by atoms with Crippen LogP contribution in [-0.2, 0) is 11.2 Å². The Morgan fingerprint density at radius 3 is 2.67 bits per heavy atom. The van der Waals surface area contributed by atoms with Gasteiger partial charge in [-0.2, -0.15) is 0 Å². The molecule has 0 fully saturated rings. The molecule has 6 nitrogen and oxygen atoms in total. The summed E-state index contributed by atoms with van der Waals surface area (Å²) in [5.41, 5.74) is 2.34. The molecule has 130 valence electrons. The molecule has 1 aromatic carbocycles. The molecule has 24 heavy (non-hydrogen) atoms. The lowest BCUT2D eigenvalue weighted by molar-refractivity contribution is -0.127. The van der Waals surface area contributed by atoms with E-state index in [1.165, 1.54) is 11.1 Å². The maximum Gasteiger partial charge on any atom is 0.243 e. The van der Waals surface area contributed by atoms with Crippen LogP contribution in [0.1, 0.15) is 19.0 Å². The zero-order valence-electron chi connectivity index (χ0n) is 14.7. The highest BCUT2D eigenvalue weighted by Gasteiger charge is 2.05. The van der Waals surface area contributed by atoms with Crippen molar-refractivity contribution in [2.24, 2.45) is 4.99 Å². The van der Waals surface area contributed by atoms with Crippen LogP contribution in [0, 0.1) is 0 Å². The first kappa shape index (κ1) is 17.8. The van der Waals surface area contributed by atoms with Gasteiger partial charge in [0, 0.05) is 44.8 Å². The molecule has 1 aromatic heterocycles. The molecule has 2 rings (SSSR count). The number of likely N-dealkylation sites (N-methyl/N-ethyl adjacent to an activating group) is 1. The number of para-hydroxylation sites is 1. The van der Waals surface area contributed by atoms with E-state index in [1.807, 2.05) is 12.1 Å². The van der Waals surface area contributed by atoms with Gasteiger partial charge in [-0.05, 0) is 23.9 Å². The van der Waals surface area contributed by atoms with Crippen LogP contribution < -0.4 is 10.6 Å². The number of aliphatic imine (C=N–C) groups is 1. The molecule has 1 amide bonds. The minimum absolute atomic E-state index is 0.0109. The second kappa shape index (κ2) is 8.96. The van der Waals surface area contributed by atoms with E-state index in [4.69, 9.17) is 0 Å². The van der Waals surface area contributed by atoms with Crippen LogP contribution in [0.5, 0.6) is 0 Å². The summed E-state index contributed by atoms with van der Waals surface area (Å²) in [4.78, 5) is 21.0. The Balaban J connectivity index is 1.89. The summed E-state index contributed by atoms with van der Waals surface area (Å²) in [7, 11) is 3.47. The number of fused-ring (bicyclic) bond motifs is 1. The Morgan fingerprint density at radius 2 is 1.96 bits per heavy atom. The molecule has 0 radical (unpaired) electrons. The van der Waals surface area contributed by atoms with Crippen molar-refractivity contribution in [3.8, 4) is 0 Å². The molecule has 0 aliphatic rings. The van der Waals surface area contributed by atoms with Gasteiger partial charge in [-0.15, -0.1) is 0 Å². The summed E-state index contributed by atoms with van der Waals surface area (Å²) in [6, 6.07) is 10.4. The first-order valence-corrected chi connectivity index (χ1v) is 8.39. The topological polar surface area (TPSA) is 72.5 Å². The van der Waals surface area contributed by atoms with E-state index in [9.17, 15) is 4.79 Å². The third-order valence-corrected chi connectivity index (χ3v) is 3.69. The normalized spacial score (nSPS) is 11.5. The second-order valence-electron chi connectivity index (χ2n) is 5.94. The lowest BCUT2D eigenvalue weighted by Crippen LogP contribution is -2.39. The van der Waals surface area contributed by atoms with Crippen molar-refractivity contribution < 1.29 is 4.79 Å². The first-order chi connectivity index (χ1) is 11.6. The smallest absolute Gasteiger partial charge is 0.243 e. The number of hydrogen-bond acceptors (Lipinski definition) is 2. The number of aromatic amines is 1. The molecule has 2 aromatic rings. The Morgan fingerprint density at radius 1 is 1.21 bits per heavy atom. The van der Waals surface area contributed by atoms with Gasteiger partial charge in [0.05, 0.1) is 0 Å². The van der Waals surface area contributed by atoms with Crippen LogP contribution in [0.15, 0.2) is 35.3 Å². The molecule has 0 saturated carbocycles. The van der Waals surface area contributed by atoms with E-state index in [1.54, 1.807) is 19.0 Å². The maximum atomic E-state index is 11.7. The number of nitrogens with one attached hydrogen (secondary N) is 3. The number of hydrogen-bond donors (Lipinski definition) is 3. The first-order valence-electron chi connectivity index (χ1n) is 8.39. The summed E-state index contributed by atoms with van der Waals surface area (Å²) >= 11 is 0. The van der Waals surface area contributed by atoms with Crippen LogP contribution >= 0.6 is 0 Å². The summed E-state index contributed by atoms with van der Waals surface area (Å²) < 4.78 is 0. The van der Waals surface area contributed by atoms with Gasteiger partial charge in [-0.3, -0.25) is 4.79 Å². The minimum atomic E-state index is -0.0109. The molecule has 0 saturated heterocycles. The molecular formula is C18H27N5O. The van der Waals surface area contributed by atoms with Crippen molar-refractivity contribution in [2.75, 3.05) is 33.7 Å². The quantitative estimate of drug-likeness (QED) is 0.535. The van der Waals surface area contributed by atoms with Crippen molar-refractivity contribution in [2.45, 2.75) is 19.8 Å². The van der Waals surface area contributed by atoms with Crippen molar-refractivity contribution in [3.63, 3.8) is 0 Å². The van der Waals surface area contributed by atoms with Crippen molar-refractivity contribution >= 4 is 22.8 Å². The molecule has 3 N–H and O–H groups in total. The van der Waals surface area contributed by atoms with E-state index in [-0.39, 0.29) is 12.5 Å². The highest BCUT2D eigenvalue weighted by atomic mass is 16.2. The SMILES string of the molecule is CCCNC(=NCC(=O)N(C)C)NCCc1cc2ccccc2[nH]1. The molecule has 0 unspecified atom stereocenters. The van der Waals surface area contributed by atoms with E-state index in [0.717, 1.165) is 31.4 Å². The van der Waals surface area contributed by atoms with Gasteiger partial charge in [0.15, 0.2) is 5.96 Å². The van der Waals surface area contributed by atoms with E-state index in [2.05, 4.69) is 45.7 Å². The standard InChI is InChI=1S/C18H27N5O/c1-4-10-19-18(21-13-17(24)23(2)3)20-11-9-15-12-14-7-5-6-8-16(14)22-15/h5-8,12,22H,4,9-11,13H2,1-3H3,(H2,19,20,21). The Labute approximate surface area is 143 Å². The van der Waals surface area contributed by atoms with Gasteiger partial charge in [0.1, 0.15) is 6.54 Å². The number of amides is 1. The Hall–Kier alpha value is -2.50. The molecule has 1 heterocycles. The van der Waals surface area contributed by atoms with E-state index < -0.39 is 0 Å². The number of carbonyl (C=O) groups is 1. The fourth-order valence-corrected chi connectivity index (χ4v) is 2.29. The number of benzene rings is 1. The number of guanidine groups is 1. The number of H-pyrrole nitrogens is 1. The predicted molar refractivity (Wildman–Crippen MR) is 99.3 cm³/mol. The molecule has 0 aliphatic heterocycles. The van der Waals surface area contributed by atoms with Crippen LogP contribution in [0.2, 0.25) is 0 Å². The fourth-order valence-electron chi connectivity index (χ4n) is 2.29. The molecule has 0 spiro atoms. The monoisotopic (exact) mass is 329 g/mol. The lowest BCUT2D eigenvalue weighted by Gasteiger charge is -2.13.